The quantitative estimate of drug-likeness (QED) is 0.856. The maximum atomic E-state index is 12.5. The zero-order valence-electron chi connectivity index (χ0n) is 14.1. The number of likely N-dealkylation sites (tertiary alicyclic amines) is 1. The van der Waals surface area contributed by atoms with Crippen LogP contribution in [-0.2, 0) is 16.0 Å². The number of rotatable bonds is 4. The van der Waals surface area contributed by atoms with Crippen LogP contribution in [0.15, 0.2) is 18.2 Å². The van der Waals surface area contributed by atoms with Gasteiger partial charge in [0, 0.05) is 27.1 Å². The molecule has 120 valence electrons. The van der Waals surface area contributed by atoms with Crippen molar-refractivity contribution in [1.82, 2.24) is 9.80 Å². The molecule has 1 aromatic carbocycles. The zero-order valence-corrected chi connectivity index (χ0v) is 14.1. The summed E-state index contributed by atoms with van der Waals surface area (Å²) in [5, 5.41) is 0. The highest BCUT2D eigenvalue weighted by Crippen LogP contribution is 2.21. The van der Waals surface area contributed by atoms with E-state index in [2.05, 4.69) is 32.0 Å². The van der Waals surface area contributed by atoms with Crippen molar-refractivity contribution in [3.05, 3.63) is 34.9 Å². The Bertz CT molecular complexity index is 566. The largest absolute Gasteiger partial charge is 0.347 e. The van der Waals surface area contributed by atoms with E-state index in [1.54, 1.807) is 23.9 Å². The van der Waals surface area contributed by atoms with Crippen LogP contribution in [0.3, 0.4) is 0 Å². The van der Waals surface area contributed by atoms with E-state index in [9.17, 15) is 9.59 Å². The molecular formula is C18H26N2O2. The van der Waals surface area contributed by atoms with Gasteiger partial charge in [-0.05, 0) is 44.2 Å². The number of benzene rings is 1. The van der Waals surface area contributed by atoms with Crippen LogP contribution in [0.25, 0.3) is 0 Å². The molecule has 1 aliphatic heterocycles. The molecule has 1 fully saturated rings. The van der Waals surface area contributed by atoms with Crippen LogP contribution < -0.4 is 0 Å². The molecule has 0 spiro atoms. The molecule has 0 radical (unpaired) electrons. The van der Waals surface area contributed by atoms with Crippen molar-refractivity contribution in [3.63, 3.8) is 0 Å². The van der Waals surface area contributed by atoms with Gasteiger partial charge in [0.1, 0.15) is 6.04 Å². The van der Waals surface area contributed by atoms with Crippen LogP contribution >= 0.6 is 0 Å². The minimum absolute atomic E-state index is 0.0392. The molecule has 1 aromatic rings. The molecule has 0 N–H and O–H groups in total. The van der Waals surface area contributed by atoms with E-state index in [-0.39, 0.29) is 17.9 Å². The topological polar surface area (TPSA) is 40.6 Å². The molecule has 0 saturated carbocycles. The van der Waals surface area contributed by atoms with E-state index in [1.807, 2.05) is 0 Å². The van der Waals surface area contributed by atoms with E-state index < -0.39 is 0 Å². The normalized spacial score (nSPS) is 17.6. The third kappa shape index (κ3) is 3.67. The first-order chi connectivity index (χ1) is 10.4. The van der Waals surface area contributed by atoms with Gasteiger partial charge in [-0.25, -0.2) is 0 Å². The van der Waals surface area contributed by atoms with Gasteiger partial charge in [0.25, 0.3) is 0 Å². The summed E-state index contributed by atoms with van der Waals surface area (Å²) in [5.74, 6) is 0.134. The fourth-order valence-corrected chi connectivity index (χ4v) is 3.13. The molecule has 0 aliphatic carbocycles. The number of aryl methyl sites for hydroxylation is 3. The Balaban J connectivity index is 1.98. The first-order valence-corrected chi connectivity index (χ1v) is 7.97. The van der Waals surface area contributed by atoms with Gasteiger partial charge >= 0.3 is 0 Å². The van der Waals surface area contributed by atoms with Gasteiger partial charge in [0.15, 0.2) is 0 Å². The van der Waals surface area contributed by atoms with Crippen LogP contribution in [0, 0.1) is 13.8 Å². The van der Waals surface area contributed by atoms with Crippen molar-refractivity contribution < 1.29 is 9.59 Å². The van der Waals surface area contributed by atoms with E-state index in [1.165, 1.54) is 16.7 Å². The van der Waals surface area contributed by atoms with Crippen molar-refractivity contribution in [2.75, 3.05) is 20.6 Å². The van der Waals surface area contributed by atoms with Gasteiger partial charge < -0.3 is 9.80 Å². The van der Waals surface area contributed by atoms with Crippen LogP contribution in [-0.4, -0.2) is 48.3 Å². The number of nitrogens with zero attached hydrogens (tertiary/aromatic N) is 2. The number of likely N-dealkylation sites (N-methyl/N-ethyl adjacent to an activating group) is 1. The summed E-state index contributed by atoms with van der Waals surface area (Å²) in [6.45, 7) is 4.86. The molecular weight excluding hydrogens is 276 g/mol. The van der Waals surface area contributed by atoms with E-state index in [4.69, 9.17) is 0 Å². The van der Waals surface area contributed by atoms with Crippen molar-refractivity contribution in [3.8, 4) is 0 Å². The number of amides is 2. The number of hydrogen-bond acceptors (Lipinski definition) is 2. The molecule has 22 heavy (non-hydrogen) atoms. The van der Waals surface area contributed by atoms with Crippen molar-refractivity contribution in [2.24, 2.45) is 0 Å². The average Bonchev–Trinajstić information content (AvgIpc) is 2.94. The Morgan fingerprint density at radius 2 is 2.00 bits per heavy atom. The maximum absolute atomic E-state index is 12.5. The van der Waals surface area contributed by atoms with Crippen molar-refractivity contribution in [1.29, 1.82) is 0 Å². The summed E-state index contributed by atoms with van der Waals surface area (Å²) in [6, 6.07) is 6.07. The number of hydrogen-bond donors (Lipinski definition) is 0. The first-order valence-electron chi connectivity index (χ1n) is 7.97. The minimum atomic E-state index is -0.262. The smallest absolute Gasteiger partial charge is 0.244 e. The second-order valence-electron chi connectivity index (χ2n) is 6.41. The molecule has 1 saturated heterocycles. The van der Waals surface area contributed by atoms with E-state index >= 15 is 0 Å². The summed E-state index contributed by atoms with van der Waals surface area (Å²) in [4.78, 5) is 28.0. The summed E-state index contributed by atoms with van der Waals surface area (Å²) in [5.41, 5.74) is 3.69. The van der Waals surface area contributed by atoms with Crippen LogP contribution in [0.1, 0.15) is 36.0 Å². The van der Waals surface area contributed by atoms with Crippen LogP contribution in [0.5, 0.6) is 0 Å². The molecule has 2 rings (SSSR count). The lowest BCUT2D eigenvalue weighted by molar-refractivity contribution is -0.142. The standard InChI is InChI=1S/C18H26N2O2/c1-13-7-8-15(14(2)12-13)9-10-17(21)20-11-5-6-16(20)18(22)19(3)4/h7-8,12,16H,5-6,9-11H2,1-4H3. The fourth-order valence-electron chi connectivity index (χ4n) is 3.13. The Kier molecular flexibility index (Phi) is 5.22. The summed E-state index contributed by atoms with van der Waals surface area (Å²) < 4.78 is 0. The Labute approximate surface area is 133 Å². The Morgan fingerprint density at radius 3 is 2.64 bits per heavy atom. The first kappa shape index (κ1) is 16.5. The molecule has 4 nitrogen and oxygen atoms in total. The number of carbonyl (C=O) groups excluding carboxylic acids is 2. The van der Waals surface area contributed by atoms with Gasteiger partial charge in [0.05, 0.1) is 0 Å². The third-order valence-corrected chi connectivity index (χ3v) is 4.41. The molecule has 4 heteroatoms. The minimum Gasteiger partial charge on any atom is -0.347 e. The summed E-state index contributed by atoms with van der Waals surface area (Å²) in [7, 11) is 3.50. The monoisotopic (exact) mass is 302 g/mol. The highest BCUT2D eigenvalue weighted by atomic mass is 16.2. The average molecular weight is 302 g/mol. The summed E-state index contributed by atoms with van der Waals surface area (Å²) in [6.07, 6.45) is 2.91. The van der Waals surface area contributed by atoms with Gasteiger partial charge in [-0.15, -0.1) is 0 Å². The van der Waals surface area contributed by atoms with Crippen LogP contribution in [0.2, 0.25) is 0 Å². The zero-order chi connectivity index (χ0) is 16.3. The lowest BCUT2D eigenvalue weighted by atomic mass is 10.0. The maximum Gasteiger partial charge on any atom is 0.244 e. The highest BCUT2D eigenvalue weighted by molar-refractivity contribution is 5.88. The predicted molar refractivity (Wildman–Crippen MR) is 87.7 cm³/mol. The fraction of sp³-hybridized carbons (Fsp3) is 0.556. The van der Waals surface area contributed by atoms with Gasteiger partial charge in [-0.2, -0.15) is 0 Å². The lowest BCUT2D eigenvalue weighted by Crippen LogP contribution is -2.45. The molecule has 2 amide bonds. The second-order valence-corrected chi connectivity index (χ2v) is 6.41. The molecule has 1 atom stereocenters. The van der Waals surface area contributed by atoms with E-state index in [0.29, 0.717) is 13.0 Å². The molecule has 1 unspecified atom stereocenters. The third-order valence-electron chi connectivity index (χ3n) is 4.41. The lowest BCUT2D eigenvalue weighted by Gasteiger charge is -2.26. The van der Waals surface area contributed by atoms with Crippen molar-refractivity contribution in [2.45, 2.75) is 45.6 Å². The van der Waals surface area contributed by atoms with Crippen LogP contribution in [0.4, 0.5) is 0 Å². The Hall–Kier alpha value is -1.84. The number of carbonyl (C=O) groups is 2. The van der Waals surface area contributed by atoms with Crippen molar-refractivity contribution >= 4 is 11.8 Å². The summed E-state index contributed by atoms with van der Waals surface area (Å²) >= 11 is 0. The molecule has 1 aliphatic rings. The van der Waals surface area contributed by atoms with Gasteiger partial charge in [0.2, 0.25) is 11.8 Å². The van der Waals surface area contributed by atoms with E-state index in [0.717, 1.165) is 19.3 Å². The molecule has 1 heterocycles. The Morgan fingerprint density at radius 1 is 1.27 bits per heavy atom. The predicted octanol–water partition coefficient (Wildman–Crippen LogP) is 2.32. The van der Waals surface area contributed by atoms with Gasteiger partial charge in [-0.3, -0.25) is 9.59 Å². The molecule has 0 aromatic heterocycles. The highest BCUT2D eigenvalue weighted by Gasteiger charge is 2.34. The second kappa shape index (κ2) is 6.95. The SMILES string of the molecule is Cc1ccc(CCC(=O)N2CCCC2C(=O)N(C)C)c(C)c1. The van der Waals surface area contributed by atoms with Gasteiger partial charge in [-0.1, -0.05) is 23.8 Å². The molecule has 0 bridgehead atoms.